The van der Waals surface area contributed by atoms with Crippen LogP contribution in [0.15, 0.2) is 17.0 Å². The van der Waals surface area contributed by atoms with Crippen LogP contribution in [-0.4, -0.2) is 21.3 Å². The molecule has 2 aromatic heterocycles. The van der Waals surface area contributed by atoms with Gasteiger partial charge in [-0.15, -0.1) is 0 Å². The highest BCUT2D eigenvalue weighted by atomic mass is 16.3. The molecule has 92 valence electrons. The van der Waals surface area contributed by atoms with E-state index in [-0.39, 0.29) is 0 Å². The smallest absolute Gasteiger partial charge is 0.181 e. The van der Waals surface area contributed by atoms with Gasteiger partial charge in [0.2, 0.25) is 0 Å². The summed E-state index contributed by atoms with van der Waals surface area (Å²) >= 11 is 0. The minimum absolute atomic E-state index is 0.730. The van der Waals surface area contributed by atoms with Crippen LogP contribution in [0.5, 0.6) is 0 Å². The van der Waals surface area contributed by atoms with Crippen molar-refractivity contribution in [2.45, 2.75) is 26.8 Å². The van der Waals surface area contributed by atoms with E-state index in [4.69, 9.17) is 4.42 Å². The fraction of sp³-hybridized carbons (Fsp3) is 0.500. The molecule has 0 saturated carbocycles. The number of aryl methyl sites for hydroxylation is 1. The molecule has 2 aromatic rings. The first-order valence-corrected chi connectivity index (χ1v) is 5.86. The Labute approximate surface area is 101 Å². The number of rotatable bonds is 5. The van der Waals surface area contributed by atoms with E-state index < -0.39 is 0 Å². The van der Waals surface area contributed by atoms with Crippen LogP contribution in [0, 0.1) is 6.92 Å². The summed E-state index contributed by atoms with van der Waals surface area (Å²) in [6.45, 7) is 5.88. The second-order valence-corrected chi connectivity index (χ2v) is 4.07. The molecule has 0 aliphatic carbocycles. The Balaban J connectivity index is 2.21. The van der Waals surface area contributed by atoms with Gasteiger partial charge in [-0.2, -0.15) is 5.10 Å². The number of nitrogens with zero attached hydrogens (tertiary/aromatic N) is 3. The average molecular weight is 234 g/mol. The SMILES string of the molecule is CCCNCc1ncoc1-c1cnn(C)c1C. The highest BCUT2D eigenvalue weighted by Crippen LogP contribution is 2.25. The molecule has 1 N–H and O–H groups in total. The topological polar surface area (TPSA) is 55.9 Å². The lowest BCUT2D eigenvalue weighted by molar-refractivity contribution is 0.568. The van der Waals surface area contributed by atoms with Crippen molar-refractivity contribution in [2.75, 3.05) is 6.54 Å². The Morgan fingerprint density at radius 3 is 2.94 bits per heavy atom. The predicted octanol–water partition coefficient (Wildman–Crippen LogP) is 1.88. The minimum atomic E-state index is 0.730. The van der Waals surface area contributed by atoms with Crippen molar-refractivity contribution < 1.29 is 4.42 Å². The Morgan fingerprint density at radius 2 is 2.29 bits per heavy atom. The third kappa shape index (κ3) is 2.39. The summed E-state index contributed by atoms with van der Waals surface area (Å²) in [5.74, 6) is 0.819. The minimum Gasteiger partial charge on any atom is -0.443 e. The molecule has 0 radical (unpaired) electrons. The first-order valence-electron chi connectivity index (χ1n) is 5.86. The highest BCUT2D eigenvalue weighted by Gasteiger charge is 2.15. The zero-order chi connectivity index (χ0) is 12.3. The maximum absolute atomic E-state index is 5.47. The summed E-state index contributed by atoms with van der Waals surface area (Å²) in [6.07, 6.45) is 4.42. The van der Waals surface area contributed by atoms with Crippen molar-refractivity contribution >= 4 is 0 Å². The number of hydrogen-bond acceptors (Lipinski definition) is 4. The van der Waals surface area contributed by atoms with Crippen molar-refractivity contribution in [2.24, 2.45) is 7.05 Å². The molecule has 0 fully saturated rings. The first-order chi connectivity index (χ1) is 8.24. The maximum atomic E-state index is 5.47. The van der Waals surface area contributed by atoms with E-state index in [1.165, 1.54) is 6.39 Å². The molecule has 0 aliphatic rings. The van der Waals surface area contributed by atoms with Crippen LogP contribution < -0.4 is 5.32 Å². The zero-order valence-corrected chi connectivity index (χ0v) is 10.5. The molecular weight excluding hydrogens is 216 g/mol. The summed E-state index contributed by atoms with van der Waals surface area (Å²) < 4.78 is 7.31. The van der Waals surface area contributed by atoms with Crippen LogP contribution in [0.3, 0.4) is 0 Å². The van der Waals surface area contributed by atoms with E-state index in [2.05, 4.69) is 22.3 Å². The monoisotopic (exact) mass is 234 g/mol. The van der Waals surface area contributed by atoms with Gasteiger partial charge in [0.15, 0.2) is 12.2 Å². The van der Waals surface area contributed by atoms with E-state index in [0.717, 1.165) is 42.2 Å². The number of nitrogens with one attached hydrogen (secondary N) is 1. The van der Waals surface area contributed by atoms with Gasteiger partial charge in [-0.25, -0.2) is 4.98 Å². The van der Waals surface area contributed by atoms with Gasteiger partial charge < -0.3 is 9.73 Å². The Hall–Kier alpha value is -1.62. The van der Waals surface area contributed by atoms with Crippen molar-refractivity contribution in [3.05, 3.63) is 24.0 Å². The largest absolute Gasteiger partial charge is 0.443 e. The highest BCUT2D eigenvalue weighted by molar-refractivity contribution is 5.61. The van der Waals surface area contributed by atoms with E-state index in [9.17, 15) is 0 Å². The van der Waals surface area contributed by atoms with Crippen molar-refractivity contribution in [1.82, 2.24) is 20.1 Å². The lowest BCUT2D eigenvalue weighted by Crippen LogP contribution is -2.14. The van der Waals surface area contributed by atoms with Gasteiger partial charge >= 0.3 is 0 Å². The predicted molar refractivity (Wildman–Crippen MR) is 65.4 cm³/mol. The molecule has 0 aromatic carbocycles. The Bertz CT molecular complexity index is 486. The molecule has 0 aliphatic heterocycles. The molecule has 0 atom stereocenters. The van der Waals surface area contributed by atoms with Gasteiger partial charge in [0.05, 0.1) is 11.8 Å². The molecule has 0 saturated heterocycles. The van der Waals surface area contributed by atoms with Crippen LogP contribution in [-0.2, 0) is 13.6 Å². The van der Waals surface area contributed by atoms with E-state index in [1.807, 2.05) is 24.9 Å². The molecule has 0 bridgehead atoms. The fourth-order valence-corrected chi connectivity index (χ4v) is 1.72. The fourth-order valence-electron chi connectivity index (χ4n) is 1.72. The zero-order valence-electron chi connectivity index (χ0n) is 10.5. The molecule has 0 spiro atoms. The third-order valence-corrected chi connectivity index (χ3v) is 2.84. The van der Waals surface area contributed by atoms with Crippen molar-refractivity contribution in [3.63, 3.8) is 0 Å². The van der Waals surface area contributed by atoms with Crippen LogP contribution in [0.25, 0.3) is 11.3 Å². The van der Waals surface area contributed by atoms with Gasteiger partial charge in [0.1, 0.15) is 5.69 Å². The number of aromatic nitrogens is 3. The Kier molecular flexibility index (Phi) is 3.58. The van der Waals surface area contributed by atoms with Crippen LogP contribution in [0.4, 0.5) is 0 Å². The summed E-state index contributed by atoms with van der Waals surface area (Å²) in [5, 5.41) is 7.54. The Morgan fingerprint density at radius 1 is 1.47 bits per heavy atom. The maximum Gasteiger partial charge on any atom is 0.181 e. The van der Waals surface area contributed by atoms with E-state index in [0.29, 0.717) is 0 Å². The van der Waals surface area contributed by atoms with Gasteiger partial charge in [-0.1, -0.05) is 6.92 Å². The molecule has 0 amide bonds. The second kappa shape index (κ2) is 5.14. The molecule has 5 heteroatoms. The summed E-state index contributed by atoms with van der Waals surface area (Å²) in [7, 11) is 1.92. The number of oxazole rings is 1. The van der Waals surface area contributed by atoms with E-state index in [1.54, 1.807) is 0 Å². The normalized spacial score (nSPS) is 11.0. The van der Waals surface area contributed by atoms with Gasteiger partial charge in [0, 0.05) is 19.3 Å². The molecule has 2 heterocycles. The quantitative estimate of drug-likeness (QED) is 0.803. The van der Waals surface area contributed by atoms with Gasteiger partial charge in [0.25, 0.3) is 0 Å². The molecule has 17 heavy (non-hydrogen) atoms. The lowest BCUT2D eigenvalue weighted by atomic mass is 10.1. The standard InChI is InChI=1S/C12H18N4O/c1-4-5-13-7-11-12(17-8-14-11)10-6-15-16(3)9(10)2/h6,8,13H,4-5,7H2,1-3H3. The van der Waals surface area contributed by atoms with Crippen LogP contribution >= 0.6 is 0 Å². The van der Waals surface area contributed by atoms with Crippen molar-refractivity contribution in [1.29, 1.82) is 0 Å². The second-order valence-electron chi connectivity index (χ2n) is 4.07. The molecule has 5 nitrogen and oxygen atoms in total. The summed E-state index contributed by atoms with van der Waals surface area (Å²) in [6, 6.07) is 0. The number of hydrogen-bond donors (Lipinski definition) is 1. The lowest BCUT2D eigenvalue weighted by Gasteiger charge is -2.02. The first kappa shape index (κ1) is 11.9. The van der Waals surface area contributed by atoms with Crippen LogP contribution in [0.2, 0.25) is 0 Å². The van der Waals surface area contributed by atoms with E-state index >= 15 is 0 Å². The molecular formula is C12H18N4O. The van der Waals surface area contributed by atoms with Crippen LogP contribution in [0.1, 0.15) is 24.7 Å². The van der Waals surface area contributed by atoms with Gasteiger partial charge in [-0.05, 0) is 19.9 Å². The third-order valence-electron chi connectivity index (χ3n) is 2.84. The molecule has 0 unspecified atom stereocenters. The average Bonchev–Trinajstić information content (AvgIpc) is 2.89. The summed E-state index contributed by atoms with van der Waals surface area (Å²) in [4.78, 5) is 4.25. The summed E-state index contributed by atoms with van der Waals surface area (Å²) in [5.41, 5.74) is 3.03. The van der Waals surface area contributed by atoms with Gasteiger partial charge in [-0.3, -0.25) is 4.68 Å². The molecule has 2 rings (SSSR count). The van der Waals surface area contributed by atoms with Crippen molar-refractivity contribution in [3.8, 4) is 11.3 Å².